The van der Waals surface area contributed by atoms with Crippen LogP contribution in [0.2, 0.25) is 5.02 Å². The summed E-state index contributed by atoms with van der Waals surface area (Å²) >= 11 is 6.00. The Morgan fingerprint density at radius 1 is 1.18 bits per heavy atom. The maximum Gasteiger partial charge on any atom is 0.255 e. The van der Waals surface area contributed by atoms with Crippen LogP contribution in [0.5, 0.6) is 17.2 Å². The summed E-state index contributed by atoms with van der Waals surface area (Å²) in [7, 11) is 1.49. The molecule has 1 fully saturated rings. The Hall–Kier alpha value is -2.93. The van der Waals surface area contributed by atoms with Crippen molar-refractivity contribution in [3.05, 3.63) is 47.0 Å². The molecule has 2 aliphatic rings. The van der Waals surface area contributed by atoms with E-state index in [2.05, 4.69) is 5.32 Å². The maximum absolute atomic E-state index is 12.7. The molecule has 1 saturated heterocycles. The van der Waals surface area contributed by atoms with E-state index in [9.17, 15) is 9.59 Å². The molecule has 2 heterocycles. The number of amides is 2. The first-order chi connectivity index (χ1) is 13.5. The first-order valence-electron chi connectivity index (χ1n) is 8.89. The number of hydrogen-bond donors (Lipinski definition) is 1. The molecule has 1 atom stereocenters. The van der Waals surface area contributed by atoms with Crippen LogP contribution >= 0.6 is 11.6 Å². The third-order valence-corrected chi connectivity index (χ3v) is 4.94. The number of fused-ring (bicyclic) bond motifs is 1. The van der Waals surface area contributed by atoms with E-state index in [4.69, 9.17) is 25.8 Å². The Kier molecular flexibility index (Phi) is 5.00. The fourth-order valence-corrected chi connectivity index (χ4v) is 3.55. The molecular formula is C20H19ClN2O5. The van der Waals surface area contributed by atoms with Crippen molar-refractivity contribution in [3.8, 4) is 17.2 Å². The van der Waals surface area contributed by atoms with Crippen LogP contribution in [0.4, 0.5) is 5.69 Å². The van der Waals surface area contributed by atoms with Crippen LogP contribution in [0.1, 0.15) is 16.8 Å². The van der Waals surface area contributed by atoms with Crippen LogP contribution in [-0.2, 0) is 4.79 Å². The lowest BCUT2D eigenvalue weighted by Gasteiger charge is -2.22. The van der Waals surface area contributed by atoms with E-state index >= 15 is 0 Å². The predicted molar refractivity (Wildman–Crippen MR) is 104 cm³/mol. The Labute approximate surface area is 167 Å². The van der Waals surface area contributed by atoms with E-state index in [-0.39, 0.29) is 24.3 Å². The van der Waals surface area contributed by atoms with Crippen LogP contribution < -0.4 is 24.4 Å². The summed E-state index contributed by atoms with van der Waals surface area (Å²) in [5.41, 5.74) is 1.05. The average Bonchev–Trinajstić information content (AvgIpc) is 3.07. The average molecular weight is 403 g/mol. The van der Waals surface area contributed by atoms with Crippen molar-refractivity contribution in [2.75, 3.05) is 31.8 Å². The van der Waals surface area contributed by atoms with Gasteiger partial charge < -0.3 is 24.4 Å². The molecule has 2 amide bonds. The third kappa shape index (κ3) is 3.57. The van der Waals surface area contributed by atoms with Gasteiger partial charge >= 0.3 is 0 Å². The summed E-state index contributed by atoms with van der Waals surface area (Å²) < 4.78 is 16.3. The number of ether oxygens (including phenoxy) is 3. The minimum atomic E-state index is -0.332. The SMILES string of the molecule is COc1ccc(Cl)cc1C(=O)N[C@@H]1CC(=O)N(c2ccc3c(c2)OCCO3)C1. The number of benzene rings is 2. The zero-order valence-corrected chi connectivity index (χ0v) is 16.0. The van der Waals surface area contributed by atoms with Crippen molar-refractivity contribution >= 4 is 29.1 Å². The number of rotatable bonds is 4. The number of nitrogens with zero attached hydrogens (tertiary/aromatic N) is 1. The van der Waals surface area contributed by atoms with Gasteiger partial charge in [-0.25, -0.2) is 0 Å². The predicted octanol–water partition coefficient (Wildman–Crippen LogP) is 2.66. The van der Waals surface area contributed by atoms with Crippen molar-refractivity contribution in [2.24, 2.45) is 0 Å². The van der Waals surface area contributed by atoms with Gasteiger partial charge in [0.1, 0.15) is 19.0 Å². The number of halogens is 1. The molecule has 146 valence electrons. The molecule has 0 saturated carbocycles. The molecule has 0 bridgehead atoms. The first-order valence-corrected chi connectivity index (χ1v) is 9.27. The van der Waals surface area contributed by atoms with Gasteiger partial charge in [-0.2, -0.15) is 0 Å². The Morgan fingerprint density at radius 2 is 1.96 bits per heavy atom. The zero-order chi connectivity index (χ0) is 19.7. The van der Waals surface area contributed by atoms with Crippen LogP contribution in [0.25, 0.3) is 0 Å². The second kappa shape index (κ2) is 7.59. The largest absolute Gasteiger partial charge is 0.496 e. The van der Waals surface area contributed by atoms with E-state index in [1.54, 1.807) is 35.2 Å². The molecule has 8 heteroatoms. The van der Waals surface area contributed by atoms with E-state index in [1.807, 2.05) is 6.07 Å². The summed E-state index contributed by atoms with van der Waals surface area (Å²) in [5, 5.41) is 3.33. The maximum atomic E-state index is 12.7. The summed E-state index contributed by atoms with van der Waals surface area (Å²) in [5.74, 6) is 1.31. The van der Waals surface area contributed by atoms with Gasteiger partial charge in [-0.05, 0) is 30.3 Å². The second-order valence-electron chi connectivity index (χ2n) is 6.55. The smallest absolute Gasteiger partial charge is 0.255 e. The van der Waals surface area contributed by atoms with Crippen molar-refractivity contribution in [1.82, 2.24) is 5.32 Å². The fraction of sp³-hybridized carbons (Fsp3) is 0.300. The van der Waals surface area contributed by atoms with Crippen molar-refractivity contribution in [1.29, 1.82) is 0 Å². The van der Waals surface area contributed by atoms with Gasteiger partial charge in [-0.3, -0.25) is 9.59 Å². The molecule has 7 nitrogen and oxygen atoms in total. The van der Waals surface area contributed by atoms with Gasteiger partial charge in [0.05, 0.1) is 18.7 Å². The van der Waals surface area contributed by atoms with Crippen molar-refractivity contribution < 1.29 is 23.8 Å². The highest BCUT2D eigenvalue weighted by atomic mass is 35.5. The summed E-state index contributed by atoms with van der Waals surface area (Å²) in [4.78, 5) is 26.8. The monoisotopic (exact) mass is 402 g/mol. The lowest BCUT2D eigenvalue weighted by Crippen LogP contribution is -2.37. The summed E-state index contributed by atoms with van der Waals surface area (Å²) in [6.45, 7) is 1.35. The van der Waals surface area contributed by atoms with Gasteiger partial charge in [0.25, 0.3) is 5.91 Å². The molecule has 2 aromatic rings. The minimum absolute atomic E-state index is 0.0694. The zero-order valence-electron chi connectivity index (χ0n) is 15.2. The van der Waals surface area contributed by atoms with E-state index in [1.165, 1.54) is 7.11 Å². The molecule has 2 aromatic carbocycles. The molecule has 4 rings (SSSR count). The number of nitrogens with one attached hydrogen (secondary N) is 1. The molecule has 0 unspecified atom stereocenters. The third-order valence-electron chi connectivity index (χ3n) is 4.70. The number of carbonyl (C=O) groups excluding carboxylic acids is 2. The fourth-order valence-electron chi connectivity index (χ4n) is 3.37. The molecule has 0 radical (unpaired) electrons. The highest BCUT2D eigenvalue weighted by Gasteiger charge is 2.33. The number of hydrogen-bond acceptors (Lipinski definition) is 5. The normalized spacial score (nSPS) is 18.1. The van der Waals surface area contributed by atoms with E-state index in [0.717, 1.165) is 0 Å². The molecule has 0 aliphatic carbocycles. The molecule has 28 heavy (non-hydrogen) atoms. The van der Waals surface area contributed by atoms with Gasteiger partial charge in [-0.1, -0.05) is 11.6 Å². The van der Waals surface area contributed by atoms with Crippen LogP contribution in [0.15, 0.2) is 36.4 Å². The minimum Gasteiger partial charge on any atom is -0.496 e. The second-order valence-corrected chi connectivity index (χ2v) is 6.99. The quantitative estimate of drug-likeness (QED) is 0.850. The summed E-state index contributed by atoms with van der Waals surface area (Å²) in [6.07, 6.45) is 0.211. The van der Waals surface area contributed by atoms with E-state index < -0.39 is 0 Å². The van der Waals surface area contributed by atoms with Gasteiger partial charge in [0.15, 0.2) is 11.5 Å². The van der Waals surface area contributed by atoms with Crippen LogP contribution in [-0.4, -0.2) is 44.7 Å². The topological polar surface area (TPSA) is 77.1 Å². The Bertz CT molecular complexity index is 933. The molecular weight excluding hydrogens is 384 g/mol. The number of carbonyl (C=O) groups is 2. The van der Waals surface area contributed by atoms with Gasteiger partial charge in [-0.15, -0.1) is 0 Å². The highest BCUT2D eigenvalue weighted by molar-refractivity contribution is 6.31. The standard InChI is InChI=1S/C20H19ClN2O5/c1-26-16-4-2-12(21)8-15(16)20(25)22-13-9-19(24)23(11-13)14-3-5-17-18(10-14)28-7-6-27-17/h2-5,8,10,13H,6-7,9,11H2,1H3,(H,22,25)/t13-/m1/s1. The van der Waals surface area contributed by atoms with Crippen molar-refractivity contribution in [2.45, 2.75) is 12.5 Å². The van der Waals surface area contributed by atoms with Crippen LogP contribution in [0, 0.1) is 0 Å². The Morgan fingerprint density at radius 3 is 2.75 bits per heavy atom. The number of methoxy groups -OCH3 is 1. The van der Waals surface area contributed by atoms with Crippen molar-refractivity contribution in [3.63, 3.8) is 0 Å². The molecule has 0 aromatic heterocycles. The molecule has 2 aliphatic heterocycles. The van der Waals surface area contributed by atoms with Gasteiger partial charge in [0.2, 0.25) is 5.91 Å². The lowest BCUT2D eigenvalue weighted by atomic mass is 10.1. The number of anilines is 1. The molecule has 0 spiro atoms. The molecule has 1 N–H and O–H groups in total. The lowest BCUT2D eigenvalue weighted by molar-refractivity contribution is -0.117. The summed E-state index contributed by atoms with van der Waals surface area (Å²) in [6, 6.07) is 9.91. The highest BCUT2D eigenvalue weighted by Crippen LogP contribution is 2.35. The van der Waals surface area contributed by atoms with Gasteiger partial charge in [0, 0.05) is 29.7 Å². The first kappa shape index (κ1) is 18.4. The van der Waals surface area contributed by atoms with Crippen LogP contribution in [0.3, 0.4) is 0 Å². The Balaban J connectivity index is 1.48. The van der Waals surface area contributed by atoms with E-state index in [0.29, 0.717) is 53.3 Å².